The summed E-state index contributed by atoms with van der Waals surface area (Å²) < 4.78 is 0. The van der Waals surface area contributed by atoms with Crippen molar-refractivity contribution in [2.75, 3.05) is 26.2 Å². The Labute approximate surface area is 120 Å². The number of hydrogen-bond acceptors (Lipinski definition) is 4. The Balaban J connectivity index is 2.07. The van der Waals surface area contributed by atoms with Crippen molar-refractivity contribution in [3.05, 3.63) is 24.0 Å². The number of nitrogens with one attached hydrogen (secondary N) is 1. The molecule has 0 saturated carbocycles. The third-order valence-corrected chi connectivity index (χ3v) is 3.71. The van der Waals surface area contributed by atoms with Crippen molar-refractivity contribution in [3.63, 3.8) is 0 Å². The lowest BCUT2D eigenvalue weighted by Gasteiger charge is -2.30. The summed E-state index contributed by atoms with van der Waals surface area (Å²) in [5.74, 6) is 0.338. The van der Waals surface area contributed by atoms with Gasteiger partial charge in [-0.2, -0.15) is 0 Å². The minimum absolute atomic E-state index is 0.0380. The molecule has 1 aliphatic rings. The highest BCUT2D eigenvalue weighted by molar-refractivity contribution is 5.94. The number of piperidine rings is 1. The summed E-state index contributed by atoms with van der Waals surface area (Å²) in [5.41, 5.74) is 0.162. The molecule has 1 aliphatic heterocycles. The zero-order valence-electron chi connectivity index (χ0n) is 12.0. The van der Waals surface area contributed by atoms with Gasteiger partial charge in [-0.3, -0.25) is 4.79 Å². The highest BCUT2D eigenvalue weighted by atomic mass is 16.3. The smallest absolute Gasteiger partial charge is 0.276 e. The van der Waals surface area contributed by atoms with Crippen molar-refractivity contribution >= 4 is 5.91 Å². The molecular weight excluding hydrogens is 254 g/mol. The van der Waals surface area contributed by atoms with Gasteiger partial charge in [-0.05, 0) is 50.4 Å². The molecule has 2 heterocycles. The van der Waals surface area contributed by atoms with Gasteiger partial charge in [0.1, 0.15) is 5.75 Å². The molecule has 2 N–H and O–H groups in total. The van der Waals surface area contributed by atoms with Gasteiger partial charge in [0.2, 0.25) is 0 Å². The van der Waals surface area contributed by atoms with Crippen LogP contribution >= 0.6 is 0 Å². The van der Waals surface area contributed by atoms with E-state index in [1.807, 2.05) is 4.90 Å². The predicted molar refractivity (Wildman–Crippen MR) is 77.7 cm³/mol. The number of pyridine rings is 1. The minimum atomic E-state index is -0.163. The Bertz CT molecular complexity index is 444. The molecule has 1 aromatic heterocycles. The molecule has 0 bridgehead atoms. The van der Waals surface area contributed by atoms with Crippen LogP contribution in [0.25, 0.3) is 0 Å². The summed E-state index contributed by atoms with van der Waals surface area (Å²) in [7, 11) is 0. The van der Waals surface area contributed by atoms with Gasteiger partial charge in [-0.1, -0.05) is 6.92 Å². The largest absolute Gasteiger partial charge is 0.505 e. The Morgan fingerprint density at radius 3 is 2.90 bits per heavy atom. The van der Waals surface area contributed by atoms with Crippen LogP contribution in [-0.2, 0) is 0 Å². The average molecular weight is 277 g/mol. The van der Waals surface area contributed by atoms with Gasteiger partial charge in [0.25, 0.3) is 5.91 Å². The Kier molecular flexibility index (Phi) is 5.35. The molecule has 0 aliphatic carbocycles. The molecule has 5 heteroatoms. The molecule has 1 aromatic rings. The van der Waals surface area contributed by atoms with E-state index in [1.54, 1.807) is 12.3 Å². The quantitative estimate of drug-likeness (QED) is 0.858. The molecule has 110 valence electrons. The third kappa shape index (κ3) is 3.70. The first-order valence-corrected chi connectivity index (χ1v) is 7.36. The van der Waals surface area contributed by atoms with Crippen molar-refractivity contribution in [1.29, 1.82) is 0 Å². The van der Waals surface area contributed by atoms with Gasteiger partial charge in [0.15, 0.2) is 5.69 Å². The summed E-state index contributed by atoms with van der Waals surface area (Å²) >= 11 is 0. The van der Waals surface area contributed by atoms with Gasteiger partial charge < -0.3 is 15.3 Å². The molecule has 1 fully saturated rings. The van der Waals surface area contributed by atoms with Gasteiger partial charge in [0.05, 0.1) is 0 Å². The van der Waals surface area contributed by atoms with Crippen LogP contribution in [0.4, 0.5) is 0 Å². The van der Waals surface area contributed by atoms with Gasteiger partial charge in [0, 0.05) is 19.3 Å². The van der Waals surface area contributed by atoms with Crippen LogP contribution in [0.15, 0.2) is 18.3 Å². The second kappa shape index (κ2) is 7.24. The molecule has 20 heavy (non-hydrogen) atoms. The third-order valence-electron chi connectivity index (χ3n) is 3.71. The first kappa shape index (κ1) is 14.8. The van der Waals surface area contributed by atoms with Gasteiger partial charge >= 0.3 is 0 Å². The maximum absolute atomic E-state index is 12.5. The number of carbonyl (C=O) groups is 1. The number of aromatic hydroxyl groups is 1. The first-order chi connectivity index (χ1) is 9.72. The molecule has 0 unspecified atom stereocenters. The average Bonchev–Trinajstić information content (AvgIpc) is 2.48. The van der Waals surface area contributed by atoms with E-state index in [-0.39, 0.29) is 17.4 Å². The molecular formula is C15H23N3O2. The van der Waals surface area contributed by atoms with E-state index in [0.29, 0.717) is 12.5 Å². The van der Waals surface area contributed by atoms with Crippen LogP contribution in [0.5, 0.6) is 5.75 Å². The van der Waals surface area contributed by atoms with Crippen molar-refractivity contribution < 1.29 is 9.90 Å². The number of nitrogens with zero attached hydrogens (tertiary/aromatic N) is 2. The van der Waals surface area contributed by atoms with Gasteiger partial charge in [-0.25, -0.2) is 4.98 Å². The summed E-state index contributed by atoms with van der Waals surface area (Å²) in [6.45, 7) is 5.56. The topological polar surface area (TPSA) is 65.5 Å². The molecule has 0 radical (unpaired) electrons. The van der Waals surface area contributed by atoms with E-state index in [1.165, 1.54) is 6.07 Å². The lowest BCUT2D eigenvalue weighted by Crippen LogP contribution is -2.40. The molecule has 0 atom stereocenters. The lowest BCUT2D eigenvalue weighted by atomic mass is 9.97. The molecule has 2 rings (SSSR count). The molecule has 0 spiro atoms. The zero-order valence-corrected chi connectivity index (χ0v) is 12.0. The van der Waals surface area contributed by atoms with E-state index in [2.05, 4.69) is 17.2 Å². The molecule has 1 saturated heterocycles. The second-order valence-corrected chi connectivity index (χ2v) is 5.32. The van der Waals surface area contributed by atoms with Crippen molar-refractivity contribution in [3.8, 4) is 5.75 Å². The number of rotatable bonds is 5. The maximum Gasteiger partial charge on any atom is 0.276 e. The first-order valence-electron chi connectivity index (χ1n) is 7.36. The molecule has 0 aromatic carbocycles. The van der Waals surface area contributed by atoms with E-state index in [4.69, 9.17) is 0 Å². The standard InChI is InChI=1S/C15H23N3O2/c1-2-10-18(11-12-5-8-16-9-6-12)15(20)14-13(19)4-3-7-17-14/h3-4,7,12,16,19H,2,5-6,8-11H2,1H3. The fraction of sp³-hybridized carbons (Fsp3) is 0.600. The Morgan fingerprint density at radius 1 is 1.50 bits per heavy atom. The highest BCUT2D eigenvalue weighted by Crippen LogP contribution is 2.19. The fourth-order valence-corrected chi connectivity index (χ4v) is 2.63. The number of amides is 1. The van der Waals surface area contributed by atoms with Crippen LogP contribution in [0.3, 0.4) is 0 Å². The molecule has 5 nitrogen and oxygen atoms in total. The summed E-state index contributed by atoms with van der Waals surface area (Å²) in [4.78, 5) is 18.4. The van der Waals surface area contributed by atoms with E-state index in [9.17, 15) is 9.90 Å². The monoisotopic (exact) mass is 277 g/mol. The van der Waals surface area contributed by atoms with Crippen molar-refractivity contribution in [1.82, 2.24) is 15.2 Å². The summed E-state index contributed by atoms with van der Waals surface area (Å²) in [6, 6.07) is 3.14. The van der Waals surface area contributed by atoms with E-state index >= 15 is 0 Å². The minimum Gasteiger partial charge on any atom is -0.505 e. The Morgan fingerprint density at radius 2 is 2.25 bits per heavy atom. The van der Waals surface area contributed by atoms with Crippen molar-refractivity contribution in [2.45, 2.75) is 26.2 Å². The highest BCUT2D eigenvalue weighted by Gasteiger charge is 2.23. The van der Waals surface area contributed by atoms with Crippen LogP contribution in [0.2, 0.25) is 0 Å². The molecule has 1 amide bonds. The number of hydrogen-bond donors (Lipinski definition) is 2. The summed E-state index contributed by atoms with van der Waals surface area (Å²) in [5, 5.41) is 13.1. The zero-order chi connectivity index (χ0) is 14.4. The Hall–Kier alpha value is -1.62. The van der Waals surface area contributed by atoms with Crippen LogP contribution in [0, 0.1) is 5.92 Å². The van der Waals surface area contributed by atoms with E-state index in [0.717, 1.165) is 38.9 Å². The van der Waals surface area contributed by atoms with Gasteiger partial charge in [-0.15, -0.1) is 0 Å². The maximum atomic E-state index is 12.5. The predicted octanol–water partition coefficient (Wildman–Crippen LogP) is 1.64. The van der Waals surface area contributed by atoms with Crippen LogP contribution in [-0.4, -0.2) is 47.1 Å². The van der Waals surface area contributed by atoms with Crippen molar-refractivity contribution in [2.24, 2.45) is 5.92 Å². The normalized spacial score (nSPS) is 16.1. The number of aromatic nitrogens is 1. The van der Waals surface area contributed by atoms with Crippen LogP contribution < -0.4 is 5.32 Å². The SMILES string of the molecule is CCCN(CC1CCNCC1)C(=O)c1ncccc1O. The van der Waals surface area contributed by atoms with Crippen LogP contribution in [0.1, 0.15) is 36.7 Å². The fourth-order valence-electron chi connectivity index (χ4n) is 2.63. The lowest BCUT2D eigenvalue weighted by molar-refractivity contribution is 0.0707. The van der Waals surface area contributed by atoms with E-state index < -0.39 is 0 Å². The number of carbonyl (C=O) groups excluding carboxylic acids is 1. The second-order valence-electron chi connectivity index (χ2n) is 5.32. The summed E-state index contributed by atoms with van der Waals surface area (Å²) in [6.07, 6.45) is 4.65.